The van der Waals surface area contributed by atoms with E-state index in [1.54, 1.807) is 5.38 Å². The summed E-state index contributed by atoms with van der Waals surface area (Å²) in [5, 5.41) is 11.7. The Kier molecular flexibility index (Phi) is 4.25. The van der Waals surface area contributed by atoms with Gasteiger partial charge >= 0.3 is 5.97 Å². The van der Waals surface area contributed by atoms with Crippen molar-refractivity contribution < 1.29 is 19.5 Å². The lowest BCUT2D eigenvalue weighted by Crippen LogP contribution is -2.39. The molecule has 5 nitrogen and oxygen atoms in total. The van der Waals surface area contributed by atoms with Crippen LogP contribution < -0.4 is 0 Å². The van der Waals surface area contributed by atoms with Crippen molar-refractivity contribution in [2.45, 2.75) is 18.9 Å². The summed E-state index contributed by atoms with van der Waals surface area (Å²) in [6.07, 6.45) is 3.53. The minimum atomic E-state index is -1.00. The number of ketones is 1. The fourth-order valence-electron chi connectivity index (χ4n) is 2.79. The molecule has 0 bridgehead atoms. The van der Waals surface area contributed by atoms with Gasteiger partial charge in [0.05, 0.1) is 0 Å². The zero-order valence-electron chi connectivity index (χ0n) is 12.3. The maximum Gasteiger partial charge on any atom is 0.326 e. The van der Waals surface area contributed by atoms with Gasteiger partial charge in [0.25, 0.3) is 0 Å². The van der Waals surface area contributed by atoms with Crippen LogP contribution in [0.5, 0.6) is 0 Å². The average Bonchev–Trinajstić information content (AvgIpc) is 3.18. The number of rotatable bonds is 4. The van der Waals surface area contributed by atoms with Gasteiger partial charge in [0.1, 0.15) is 6.04 Å². The number of hydrogen-bond donors (Lipinski definition) is 1. The van der Waals surface area contributed by atoms with Crippen molar-refractivity contribution in [1.29, 1.82) is 0 Å². The second kappa shape index (κ2) is 6.34. The molecular formula is C17H15NO4S. The topological polar surface area (TPSA) is 74.7 Å². The molecule has 0 spiro atoms. The molecule has 0 radical (unpaired) electrons. The van der Waals surface area contributed by atoms with Crippen molar-refractivity contribution in [3.63, 3.8) is 0 Å². The summed E-state index contributed by atoms with van der Waals surface area (Å²) in [5.41, 5.74) is 0.561. The maximum absolute atomic E-state index is 12.3. The normalized spacial score (nSPS) is 17.9. The summed E-state index contributed by atoms with van der Waals surface area (Å²) in [7, 11) is 0. The van der Waals surface area contributed by atoms with Gasteiger partial charge in [-0.05, 0) is 25.0 Å². The highest BCUT2D eigenvalue weighted by molar-refractivity contribution is 7.17. The monoisotopic (exact) mass is 329 g/mol. The van der Waals surface area contributed by atoms with Crippen molar-refractivity contribution in [1.82, 2.24) is 4.90 Å². The summed E-state index contributed by atoms with van der Waals surface area (Å²) < 4.78 is 1.01. The number of benzene rings is 1. The molecule has 118 valence electrons. The highest BCUT2D eigenvalue weighted by Gasteiger charge is 2.32. The van der Waals surface area contributed by atoms with Gasteiger partial charge in [-0.2, -0.15) is 0 Å². The van der Waals surface area contributed by atoms with E-state index in [0.717, 1.165) is 10.1 Å². The van der Waals surface area contributed by atoms with Crippen LogP contribution in [0.25, 0.3) is 10.1 Å². The van der Waals surface area contributed by atoms with Crippen molar-refractivity contribution in [3.8, 4) is 0 Å². The standard InChI is InChI=1S/C17H15NO4S/c19-14(12-10-23-15-6-2-1-4-11(12)15)7-8-16(20)18-9-3-5-13(18)17(21)22/h1-2,4,6-8,10,13H,3,5,9H2,(H,21,22)/t13-/m0/s1. The molecule has 1 amide bonds. The first-order chi connectivity index (χ1) is 11.1. The Morgan fingerprint density at radius 3 is 2.78 bits per heavy atom. The van der Waals surface area contributed by atoms with Gasteiger partial charge < -0.3 is 10.0 Å². The summed E-state index contributed by atoms with van der Waals surface area (Å²) >= 11 is 1.48. The zero-order valence-corrected chi connectivity index (χ0v) is 13.1. The third kappa shape index (κ3) is 3.03. The van der Waals surface area contributed by atoms with Gasteiger partial charge in [0, 0.05) is 33.7 Å². The van der Waals surface area contributed by atoms with Crippen molar-refractivity contribution in [3.05, 3.63) is 47.4 Å². The number of amides is 1. The first-order valence-corrected chi connectivity index (χ1v) is 8.18. The largest absolute Gasteiger partial charge is 0.480 e. The van der Waals surface area contributed by atoms with Gasteiger partial charge in [-0.15, -0.1) is 11.3 Å². The van der Waals surface area contributed by atoms with E-state index in [2.05, 4.69) is 0 Å². The van der Waals surface area contributed by atoms with Crippen LogP contribution in [-0.2, 0) is 9.59 Å². The third-order valence-corrected chi connectivity index (χ3v) is 4.91. The van der Waals surface area contributed by atoms with Crippen molar-refractivity contribution in [2.75, 3.05) is 6.54 Å². The first-order valence-electron chi connectivity index (χ1n) is 7.30. The lowest BCUT2D eigenvalue weighted by molar-refractivity contribution is -0.146. The number of thiophene rings is 1. The fraction of sp³-hybridized carbons (Fsp3) is 0.235. The van der Waals surface area contributed by atoms with Crippen LogP contribution in [0, 0.1) is 0 Å². The van der Waals surface area contributed by atoms with E-state index >= 15 is 0 Å². The Morgan fingerprint density at radius 2 is 2.00 bits per heavy atom. The Hall–Kier alpha value is -2.47. The molecule has 1 aromatic carbocycles. The van der Waals surface area contributed by atoms with Gasteiger partial charge in [-0.1, -0.05) is 18.2 Å². The van der Waals surface area contributed by atoms with E-state index in [1.165, 1.54) is 28.4 Å². The van der Waals surface area contributed by atoms with Crippen LogP contribution >= 0.6 is 11.3 Å². The number of hydrogen-bond acceptors (Lipinski definition) is 4. The molecule has 2 aromatic rings. The smallest absolute Gasteiger partial charge is 0.326 e. The lowest BCUT2D eigenvalue weighted by Gasteiger charge is -2.19. The SMILES string of the molecule is O=C(C=CC(=O)N1CCC[C@H]1C(=O)O)c1csc2ccccc12. The number of carboxylic acids is 1. The Morgan fingerprint density at radius 1 is 1.22 bits per heavy atom. The van der Waals surface area contributed by atoms with Crippen LogP contribution in [0.2, 0.25) is 0 Å². The Balaban J connectivity index is 1.76. The van der Waals surface area contributed by atoms with Gasteiger partial charge in [-0.25, -0.2) is 4.79 Å². The number of likely N-dealkylation sites (tertiary alicyclic amines) is 1. The number of carboxylic acid groups (broad SMARTS) is 1. The van der Waals surface area contributed by atoms with E-state index in [-0.39, 0.29) is 5.78 Å². The lowest BCUT2D eigenvalue weighted by atomic mass is 10.1. The van der Waals surface area contributed by atoms with E-state index in [1.807, 2.05) is 24.3 Å². The molecule has 2 heterocycles. The Labute approximate surface area is 136 Å². The van der Waals surface area contributed by atoms with Crippen molar-refractivity contribution in [2.24, 2.45) is 0 Å². The molecule has 1 N–H and O–H groups in total. The molecule has 3 rings (SSSR count). The van der Waals surface area contributed by atoms with Crippen LogP contribution in [0.3, 0.4) is 0 Å². The molecule has 1 saturated heterocycles. The summed E-state index contributed by atoms with van der Waals surface area (Å²) in [4.78, 5) is 36.8. The molecule has 1 fully saturated rings. The number of allylic oxidation sites excluding steroid dienone is 1. The number of aliphatic carboxylic acids is 1. The fourth-order valence-corrected chi connectivity index (χ4v) is 3.74. The van der Waals surface area contributed by atoms with Crippen LogP contribution in [0.15, 0.2) is 41.8 Å². The predicted molar refractivity (Wildman–Crippen MR) is 87.7 cm³/mol. The molecule has 0 unspecified atom stereocenters. The van der Waals surface area contributed by atoms with Gasteiger partial charge in [-0.3, -0.25) is 9.59 Å². The minimum absolute atomic E-state index is 0.248. The third-order valence-electron chi connectivity index (χ3n) is 3.94. The second-order valence-electron chi connectivity index (χ2n) is 5.37. The van der Waals surface area contributed by atoms with E-state index in [4.69, 9.17) is 5.11 Å². The van der Waals surface area contributed by atoms with Crippen LogP contribution in [0.4, 0.5) is 0 Å². The minimum Gasteiger partial charge on any atom is -0.480 e. The summed E-state index contributed by atoms with van der Waals surface area (Å²) in [5.74, 6) is -1.68. The molecule has 1 aromatic heterocycles. The van der Waals surface area contributed by atoms with Crippen LogP contribution in [-0.4, -0.2) is 40.3 Å². The van der Waals surface area contributed by atoms with E-state index in [9.17, 15) is 14.4 Å². The number of nitrogens with zero attached hydrogens (tertiary/aromatic N) is 1. The first kappa shape index (κ1) is 15.4. The molecule has 1 aliphatic heterocycles. The highest BCUT2D eigenvalue weighted by atomic mass is 32.1. The summed E-state index contributed by atoms with van der Waals surface area (Å²) in [6, 6.07) is 6.79. The second-order valence-corrected chi connectivity index (χ2v) is 6.28. The summed E-state index contributed by atoms with van der Waals surface area (Å²) in [6.45, 7) is 0.412. The molecule has 0 aliphatic carbocycles. The molecular weight excluding hydrogens is 314 g/mol. The maximum atomic E-state index is 12.3. The molecule has 23 heavy (non-hydrogen) atoms. The number of carbonyl (C=O) groups is 3. The molecule has 1 aliphatic rings. The quantitative estimate of drug-likeness (QED) is 0.691. The van der Waals surface area contributed by atoms with E-state index < -0.39 is 17.9 Å². The Bertz CT molecular complexity index is 808. The van der Waals surface area contributed by atoms with E-state index in [0.29, 0.717) is 24.9 Å². The molecule has 6 heteroatoms. The van der Waals surface area contributed by atoms with Crippen LogP contribution in [0.1, 0.15) is 23.2 Å². The van der Waals surface area contributed by atoms with Gasteiger partial charge in [0.15, 0.2) is 5.78 Å². The number of carbonyl (C=O) groups excluding carboxylic acids is 2. The number of fused-ring (bicyclic) bond motifs is 1. The van der Waals surface area contributed by atoms with Gasteiger partial charge in [0.2, 0.25) is 5.91 Å². The average molecular weight is 329 g/mol. The zero-order chi connectivity index (χ0) is 16.4. The highest BCUT2D eigenvalue weighted by Crippen LogP contribution is 2.26. The molecule has 1 atom stereocenters. The predicted octanol–water partition coefficient (Wildman–Crippen LogP) is 2.72. The van der Waals surface area contributed by atoms with Crippen molar-refractivity contribution >= 4 is 39.1 Å². The molecule has 0 saturated carbocycles.